The van der Waals surface area contributed by atoms with Crippen LogP contribution in [0, 0.1) is 18.4 Å². The summed E-state index contributed by atoms with van der Waals surface area (Å²) >= 11 is 6.15. The Morgan fingerprint density at radius 2 is 2.09 bits per heavy atom. The van der Waals surface area contributed by atoms with Crippen molar-refractivity contribution in [2.45, 2.75) is 38.9 Å². The Hall–Kier alpha value is -3.90. The number of aliphatic imine (C=N–C) groups is 1. The zero-order chi connectivity index (χ0) is 23.7. The van der Waals surface area contributed by atoms with Gasteiger partial charge in [-0.2, -0.15) is 5.26 Å². The van der Waals surface area contributed by atoms with Crippen molar-refractivity contribution in [2.75, 3.05) is 4.90 Å². The minimum atomic E-state index is -0.662. The van der Waals surface area contributed by atoms with E-state index in [9.17, 15) is 19.6 Å². The van der Waals surface area contributed by atoms with E-state index in [1.165, 1.54) is 9.80 Å². The molecule has 2 heterocycles. The van der Waals surface area contributed by atoms with Gasteiger partial charge in [0.05, 0.1) is 12.2 Å². The number of nitriles is 1. The summed E-state index contributed by atoms with van der Waals surface area (Å²) < 4.78 is 0. The number of guanidine groups is 1. The van der Waals surface area contributed by atoms with E-state index in [0.717, 1.165) is 16.7 Å². The van der Waals surface area contributed by atoms with Gasteiger partial charge in [0, 0.05) is 23.6 Å². The lowest BCUT2D eigenvalue weighted by Crippen LogP contribution is -2.52. The van der Waals surface area contributed by atoms with Crippen molar-refractivity contribution in [3.63, 3.8) is 0 Å². The van der Waals surface area contributed by atoms with Crippen molar-refractivity contribution in [3.05, 3.63) is 63.7 Å². The molecule has 4 rings (SSSR count). The number of amides is 3. The number of hydrogen-bond donors (Lipinski definition) is 2. The van der Waals surface area contributed by atoms with Crippen molar-refractivity contribution in [2.24, 2.45) is 10.7 Å². The highest BCUT2D eigenvalue weighted by Gasteiger charge is 2.39. The van der Waals surface area contributed by atoms with Crippen molar-refractivity contribution in [1.82, 2.24) is 10.2 Å². The number of hydrogen-bond acceptors (Lipinski definition) is 5. The van der Waals surface area contributed by atoms with Crippen LogP contribution in [0.2, 0.25) is 5.02 Å². The lowest BCUT2D eigenvalue weighted by atomic mass is 10.0. The van der Waals surface area contributed by atoms with Crippen LogP contribution in [-0.2, 0) is 22.7 Å². The van der Waals surface area contributed by atoms with Crippen LogP contribution in [-0.4, -0.2) is 34.6 Å². The second-order valence-electron chi connectivity index (χ2n) is 7.93. The number of nitrogens with zero attached hydrogens (tertiary/aromatic N) is 4. The van der Waals surface area contributed by atoms with Gasteiger partial charge in [-0.05, 0) is 48.2 Å². The molecular formula is C23H21ClN6O3. The van der Waals surface area contributed by atoms with E-state index in [0.29, 0.717) is 22.7 Å². The van der Waals surface area contributed by atoms with E-state index in [2.05, 4.69) is 10.3 Å². The first-order chi connectivity index (χ1) is 15.8. The smallest absolute Gasteiger partial charge is 0.255 e. The third kappa shape index (κ3) is 4.38. The molecule has 0 spiro atoms. The fourth-order valence-corrected chi connectivity index (χ4v) is 4.11. The minimum absolute atomic E-state index is 0.0131. The normalized spacial score (nSPS) is 18.1. The number of anilines is 1. The highest BCUT2D eigenvalue weighted by atomic mass is 35.5. The topological polar surface area (TPSA) is 132 Å². The van der Waals surface area contributed by atoms with Crippen molar-refractivity contribution < 1.29 is 14.4 Å². The average molecular weight is 465 g/mol. The lowest BCUT2D eigenvalue weighted by molar-refractivity contribution is -0.136. The second-order valence-corrected chi connectivity index (χ2v) is 8.34. The summed E-state index contributed by atoms with van der Waals surface area (Å²) in [5.74, 6) is -0.990. The highest BCUT2D eigenvalue weighted by molar-refractivity contribution is 6.31. The van der Waals surface area contributed by atoms with E-state index in [-0.39, 0.29) is 37.3 Å². The molecule has 1 unspecified atom stereocenters. The Balaban J connectivity index is 1.49. The highest BCUT2D eigenvalue weighted by Crippen LogP contribution is 2.28. The molecule has 2 aromatic carbocycles. The van der Waals surface area contributed by atoms with Gasteiger partial charge in [0.1, 0.15) is 6.04 Å². The summed E-state index contributed by atoms with van der Waals surface area (Å²) in [5, 5.41) is 12.3. The molecule has 1 atom stereocenters. The van der Waals surface area contributed by atoms with Crippen molar-refractivity contribution in [3.8, 4) is 6.19 Å². The maximum atomic E-state index is 12.8. The Morgan fingerprint density at radius 1 is 1.30 bits per heavy atom. The number of aryl methyl sites for hydroxylation is 1. The molecule has 3 N–H and O–H groups in total. The summed E-state index contributed by atoms with van der Waals surface area (Å²) in [4.78, 5) is 43.4. The summed E-state index contributed by atoms with van der Waals surface area (Å²) in [6.07, 6.45) is 2.52. The second kappa shape index (κ2) is 8.92. The zero-order valence-electron chi connectivity index (χ0n) is 17.8. The molecule has 9 nitrogen and oxygen atoms in total. The minimum Gasteiger partial charge on any atom is -0.369 e. The number of fused-ring (bicyclic) bond motifs is 1. The van der Waals surface area contributed by atoms with E-state index in [1.807, 2.05) is 19.2 Å². The number of carbonyl (C=O) groups is 3. The molecule has 0 bridgehead atoms. The number of halogens is 1. The molecule has 0 aromatic heterocycles. The molecule has 3 amide bonds. The third-order valence-electron chi connectivity index (χ3n) is 5.75. The van der Waals surface area contributed by atoms with Crippen LogP contribution < -0.4 is 16.0 Å². The fourth-order valence-electron chi connectivity index (χ4n) is 3.93. The van der Waals surface area contributed by atoms with Crippen LogP contribution in [0.1, 0.15) is 39.9 Å². The van der Waals surface area contributed by atoms with Crippen LogP contribution in [0.3, 0.4) is 0 Å². The van der Waals surface area contributed by atoms with Crippen LogP contribution in [0.4, 0.5) is 5.69 Å². The standard InChI is InChI=1S/C23H21ClN6O3/c1-13-2-4-16(9-18(13)24)30(12-25)23(26)27-10-14-3-5-17-15(8-14)11-29(22(17)33)19-6-7-20(31)28-21(19)32/h2-5,8-9,19H,6-7,10-11H2,1H3,(H2,26,27)(H,28,31,32). The molecule has 0 saturated carbocycles. The average Bonchev–Trinajstić information content (AvgIpc) is 3.11. The summed E-state index contributed by atoms with van der Waals surface area (Å²) in [7, 11) is 0. The van der Waals surface area contributed by atoms with Crippen molar-refractivity contribution in [1.29, 1.82) is 5.26 Å². The first kappa shape index (κ1) is 22.3. The molecule has 33 heavy (non-hydrogen) atoms. The molecule has 0 aliphatic carbocycles. The number of rotatable bonds is 4. The predicted octanol–water partition coefficient (Wildman–Crippen LogP) is 2.21. The Morgan fingerprint density at radius 3 is 2.79 bits per heavy atom. The molecule has 2 aliphatic rings. The van der Waals surface area contributed by atoms with E-state index >= 15 is 0 Å². The predicted molar refractivity (Wildman–Crippen MR) is 122 cm³/mol. The van der Waals surface area contributed by atoms with E-state index in [4.69, 9.17) is 17.3 Å². The summed E-state index contributed by atoms with van der Waals surface area (Å²) in [5.41, 5.74) is 9.54. The first-order valence-corrected chi connectivity index (χ1v) is 10.7. The van der Waals surface area contributed by atoms with Gasteiger partial charge in [-0.15, -0.1) is 0 Å². The molecule has 168 valence electrons. The Kier molecular flexibility index (Phi) is 6.03. The largest absolute Gasteiger partial charge is 0.369 e. The van der Waals surface area contributed by atoms with Gasteiger partial charge in [0.25, 0.3) is 5.91 Å². The molecule has 1 fully saturated rings. The van der Waals surface area contributed by atoms with Gasteiger partial charge in [0.15, 0.2) is 6.19 Å². The van der Waals surface area contributed by atoms with Crippen LogP contribution in [0.15, 0.2) is 41.4 Å². The Bertz CT molecular complexity index is 1240. The molecule has 0 radical (unpaired) electrons. The SMILES string of the molecule is Cc1ccc(N(C#N)C(N)=NCc2ccc3c(c2)CN(C2CCC(=O)NC2=O)C3=O)cc1Cl. The summed E-state index contributed by atoms with van der Waals surface area (Å²) in [6, 6.07) is 9.82. The lowest BCUT2D eigenvalue weighted by Gasteiger charge is -2.29. The Labute approximate surface area is 195 Å². The van der Waals surface area contributed by atoms with Crippen LogP contribution in [0.5, 0.6) is 0 Å². The van der Waals surface area contributed by atoms with Crippen LogP contribution >= 0.6 is 11.6 Å². The van der Waals surface area contributed by atoms with Crippen molar-refractivity contribution >= 4 is 41.0 Å². The molecule has 2 aromatic rings. The fraction of sp³-hybridized carbons (Fsp3) is 0.261. The zero-order valence-corrected chi connectivity index (χ0v) is 18.6. The number of imide groups is 1. The molecule has 1 saturated heterocycles. The van der Waals surface area contributed by atoms with E-state index < -0.39 is 11.9 Å². The number of piperidine rings is 1. The quantitative estimate of drug-likeness (QED) is 0.234. The number of benzene rings is 2. The van der Waals surface area contributed by atoms with Gasteiger partial charge < -0.3 is 10.6 Å². The third-order valence-corrected chi connectivity index (χ3v) is 6.16. The van der Waals surface area contributed by atoms with Gasteiger partial charge >= 0.3 is 0 Å². The molecule has 10 heteroatoms. The van der Waals surface area contributed by atoms with Crippen LogP contribution in [0.25, 0.3) is 0 Å². The number of carbonyl (C=O) groups excluding carboxylic acids is 3. The number of nitrogens with one attached hydrogen (secondary N) is 1. The molecule has 2 aliphatic heterocycles. The van der Waals surface area contributed by atoms with E-state index in [1.54, 1.807) is 30.3 Å². The molecular weight excluding hydrogens is 444 g/mol. The monoisotopic (exact) mass is 464 g/mol. The summed E-state index contributed by atoms with van der Waals surface area (Å²) in [6.45, 7) is 2.34. The van der Waals surface area contributed by atoms with Gasteiger partial charge in [0.2, 0.25) is 17.8 Å². The maximum Gasteiger partial charge on any atom is 0.255 e. The first-order valence-electron chi connectivity index (χ1n) is 10.3. The maximum absolute atomic E-state index is 12.8. The van der Waals surface area contributed by atoms with Gasteiger partial charge in [-0.3, -0.25) is 19.7 Å². The van der Waals surface area contributed by atoms with Gasteiger partial charge in [-0.25, -0.2) is 9.89 Å². The number of nitrogens with two attached hydrogens (primary N) is 1. The van der Waals surface area contributed by atoms with Gasteiger partial charge in [-0.1, -0.05) is 29.8 Å².